The fourth-order valence-corrected chi connectivity index (χ4v) is 12.7. The fraction of sp³-hybridized carbons (Fsp3) is 0. The van der Waals surface area contributed by atoms with E-state index < -0.39 is 9.63 Å². The number of benzene rings is 2. The summed E-state index contributed by atoms with van der Waals surface area (Å²) in [7, 11) is 15.5. The first-order chi connectivity index (χ1) is 8.38. The van der Waals surface area contributed by atoms with Crippen LogP contribution in [0.2, 0.25) is 5.02 Å². The molecule has 1 heterocycles. The summed E-state index contributed by atoms with van der Waals surface area (Å²) >= 11 is 6.19. The Kier molecular flexibility index (Phi) is 2.86. The van der Waals surface area contributed by atoms with E-state index in [2.05, 4.69) is 0 Å². The Morgan fingerprint density at radius 2 is 1.50 bits per heavy atom. The molecule has 2 aromatic rings. The van der Waals surface area contributed by atoms with E-state index in [4.69, 9.17) is 46.2 Å². The molecule has 94 valence electrons. The van der Waals surface area contributed by atoms with Crippen molar-refractivity contribution < 1.29 is 4.74 Å². The van der Waals surface area contributed by atoms with E-state index in [0.29, 0.717) is 25.2 Å². The van der Waals surface area contributed by atoms with Crippen LogP contribution in [-0.2, 0) is 0 Å². The Morgan fingerprint density at radius 3 is 2.28 bits per heavy atom. The molecule has 0 aliphatic carbocycles. The molecule has 3 rings (SSSR count). The van der Waals surface area contributed by atoms with Crippen LogP contribution < -0.4 is 13.4 Å². The summed E-state index contributed by atoms with van der Waals surface area (Å²) in [4.78, 5) is 0. The second-order valence-electron chi connectivity index (χ2n) is 3.97. The monoisotopic (exact) mass is 382 g/mol. The van der Waals surface area contributed by atoms with Crippen molar-refractivity contribution in [3.8, 4) is 11.5 Å². The third-order valence-corrected chi connectivity index (χ3v) is 13.8. The topological polar surface area (TPSA) is 9.23 Å². The molecule has 0 N–H and O–H groups in total. The van der Waals surface area contributed by atoms with E-state index in [1.807, 2.05) is 12.1 Å². The van der Waals surface area contributed by atoms with Gasteiger partial charge in [-0.15, -0.1) is 0 Å². The summed E-state index contributed by atoms with van der Waals surface area (Å²) in [6, 6.07) is 12.5. The number of rotatable bonds is 0. The van der Waals surface area contributed by atoms with E-state index in [9.17, 15) is 0 Å². The van der Waals surface area contributed by atoms with Gasteiger partial charge in [-0.3, -0.25) is 0 Å². The van der Waals surface area contributed by atoms with Gasteiger partial charge in [0.2, 0.25) is 0 Å². The molecule has 0 amide bonds. The Labute approximate surface area is 123 Å². The van der Waals surface area contributed by atoms with Gasteiger partial charge in [-0.1, -0.05) is 0 Å². The molecule has 0 aromatic heterocycles. The molecule has 0 unspecified atom stereocenters. The minimum atomic E-state index is -4.41. The van der Waals surface area contributed by atoms with Gasteiger partial charge in [-0.05, 0) is 0 Å². The van der Waals surface area contributed by atoms with Gasteiger partial charge in [-0.2, -0.15) is 0 Å². The molecule has 0 fully saturated rings. The van der Waals surface area contributed by atoms with Gasteiger partial charge in [-0.25, -0.2) is 0 Å². The average Bonchev–Trinajstić information content (AvgIpc) is 2.27. The zero-order valence-electron chi connectivity index (χ0n) is 8.91. The van der Waals surface area contributed by atoms with Gasteiger partial charge in [0.25, 0.3) is 0 Å². The number of hydrogen-bond donors (Lipinski definition) is 0. The van der Waals surface area contributed by atoms with Crippen LogP contribution in [0.4, 0.5) is 0 Å². The quantitative estimate of drug-likeness (QED) is 0.620. The van der Waals surface area contributed by atoms with Gasteiger partial charge >= 0.3 is 124 Å². The van der Waals surface area contributed by atoms with Crippen LogP contribution in [0.1, 0.15) is 0 Å². The van der Waals surface area contributed by atoms with Crippen LogP contribution in [0.15, 0.2) is 42.5 Å². The number of para-hydroxylation sites is 1. The Hall–Kier alpha value is -0.0416. The second kappa shape index (κ2) is 3.98. The van der Waals surface area contributed by atoms with Crippen molar-refractivity contribution in [1.29, 1.82) is 0 Å². The molecule has 0 saturated carbocycles. The maximum atomic E-state index is 6.64. The van der Waals surface area contributed by atoms with Crippen molar-refractivity contribution >= 4 is 59.8 Å². The standard InChI is InChI=1S/C12H7AsCl4O/c14-9-5-3-7-11-12(9)13(15,16,17)8-4-1-2-6-10(8)18-11/h1-7H. The molecule has 0 saturated heterocycles. The third kappa shape index (κ3) is 1.77. The zero-order chi connectivity index (χ0) is 13.0. The van der Waals surface area contributed by atoms with Crippen molar-refractivity contribution in [2.24, 2.45) is 0 Å². The van der Waals surface area contributed by atoms with E-state index in [1.54, 1.807) is 30.3 Å². The van der Waals surface area contributed by atoms with Gasteiger partial charge in [0.05, 0.1) is 0 Å². The van der Waals surface area contributed by atoms with Crippen molar-refractivity contribution in [2.75, 3.05) is 0 Å². The van der Waals surface area contributed by atoms with E-state index in [0.717, 1.165) is 0 Å². The predicted molar refractivity (Wildman–Crippen MR) is 80.5 cm³/mol. The number of halogens is 4. The molecule has 0 spiro atoms. The normalized spacial score (nSPS) is 20.8. The average molecular weight is 384 g/mol. The first kappa shape index (κ1) is 13.0. The Bertz CT molecular complexity index is 648. The summed E-state index contributed by atoms with van der Waals surface area (Å²) in [5.41, 5.74) is 0. The molecule has 6 heteroatoms. The Morgan fingerprint density at radius 1 is 0.833 bits per heavy atom. The molecule has 2 aromatic carbocycles. The molecular weight excluding hydrogens is 377 g/mol. The molecule has 18 heavy (non-hydrogen) atoms. The predicted octanol–water partition coefficient (Wildman–Crippen LogP) is 4.17. The minimum absolute atomic E-state index is 0.438. The molecule has 1 aliphatic rings. The third-order valence-electron chi connectivity index (χ3n) is 2.79. The van der Waals surface area contributed by atoms with Crippen LogP contribution >= 0.6 is 41.4 Å². The van der Waals surface area contributed by atoms with Crippen molar-refractivity contribution in [1.82, 2.24) is 0 Å². The number of hydrogen-bond acceptors (Lipinski definition) is 1. The van der Waals surface area contributed by atoms with Gasteiger partial charge in [0.15, 0.2) is 0 Å². The number of ether oxygens (including phenoxy) is 1. The molecule has 1 aliphatic heterocycles. The van der Waals surface area contributed by atoms with Gasteiger partial charge in [0, 0.05) is 0 Å². The first-order valence-corrected chi connectivity index (χ1v) is 14.8. The first-order valence-electron chi connectivity index (χ1n) is 5.12. The summed E-state index contributed by atoms with van der Waals surface area (Å²) in [5, 5.41) is 0.438. The fourth-order valence-electron chi connectivity index (χ4n) is 2.02. The zero-order valence-corrected chi connectivity index (χ0v) is 13.8. The van der Waals surface area contributed by atoms with E-state index >= 15 is 0 Å². The molecule has 0 radical (unpaired) electrons. The maximum absolute atomic E-state index is 6.64. The van der Waals surface area contributed by atoms with Crippen LogP contribution in [-0.4, -0.2) is 9.63 Å². The molecule has 0 bridgehead atoms. The van der Waals surface area contributed by atoms with Crippen molar-refractivity contribution in [3.63, 3.8) is 0 Å². The van der Waals surface area contributed by atoms with Crippen molar-refractivity contribution in [3.05, 3.63) is 47.5 Å². The SMILES string of the molecule is Clc1cccc2c1[As](Cl)(Cl)(Cl)c1ccccc1O2. The van der Waals surface area contributed by atoms with Gasteiger partial charge in [0.1, 0.15) is 0 Å². The summed E-state index contributed by atoms with van der Waals surface area (Å²) in [6.45, 7) is 0. The summed E-state index contributed by atoms with van der Waals surface area (Å²) < 4.78 is 6.94. The van der Waals surface area contributed by atoms with Gasteiger partial charge < -0.3 is 0 Å². The van der Waals surface area contributed by atoms with Crippen LogP contribution in [0.5, 0.6) is 11.5 Å². The van der Waals surface area contributed by atoms with Crippen LogP contribution in [0.3, 0.4) is 0 Å². The molecule has 0 atom stereocenters. The summed E-state index contributed by atoms with van der Waals surface area (Å²) in [6.07, 6.45) is 0. The molecular formula is C12H7AsCl4O. The van der Waals surface area contributed by atoms with Crippen molar-refractivity contribution in [2.45, 2.75) is 0 Å². The molecule has 1 nitrogen and oxygen atoms in total. The second-order valence-corrected chi connectivity index (χ2v) is 23.0. The van der Waals surface area contributed by atoms with Crippen LogP contribution in [0.25, 0.3) is 0 Å². The van der Waals surface area contributed by atoms with E-state index in [-0.39, 0.29) is 0 Å². The summed E-state index contributed by atoms with van der Waals surface area (Å²) in [5.74, 6) is 1.13. The Balaban J connectivity index is 2.41. The van der Waals surface area contributed by atoms with Crippen LogP contribution in [0, 0.1) is 0 Å². The number of fused-ring (bicyclic) bond motifs is 2. The van der Waals surface area contributed by atoms with E-state index in [1.165, 1.54) is 0 Å².